The van der Waals surface area contributed by atoms with Crippen molar-refractivity contribution in [2.24, 2.45) is 5.92 Å². The number of ether oxygens (including phenoxy) is 3. The molecule has 0 saturated heterocycles. The minimum atomic E-state index is -1.22. The Bertz CT molecular complexity index is 835. The van der Waals surface area contributed by atoms with Crippen molar-refractivity contribution < 1.29 is 28.6 Å². The van der Waals surface area contributed by atoms with E-state index in [1.807, 2.05) is 0 Å². The van der Waals surface area contributed by atoms with Crippen LogP contribution in [-0.4, -0.2) is 42.9 Å². The molecule has 1 aliphatic carbocycles. The molecule has 0 heterocycles. The van der Waals surface area contributed by atoms with Gasteiger partial charge in [0.15, 0.2) is 5.92 Å². The second kappa shape index (κ2) is 10.8. The highest BCUT2D eigenvalue weighted by atomic mass is 35.5. The lowest BCUT2D eigenvalue weighted by molar-refractivity contribution is -0.165. The van der Waals surface area contributed by atoms with Crippen molar-refractivity contribution in [1.29, 1.82) is 0 Å². The predicted octanol–water partition coefficient (Wildman–Crippen LogP) is 5.05. The van der Waals surface area contributed by atoms with Crippen molar-refractivity contribution in [3.05, 3.63) is 33.8 Å². The summed E-state index contributed by atoms with van der Waals surface area (Å²) in [5.41, 5.74) is -0.986. The summed E-state index contributed by atoms with van der Waals surface area (Å²) in [5, 5.41) is 3.52. The number of alkyl carbamates (subject to hydrolysis) is 1. The molecule has 1 fully saturated rings. The Morgan fingerprint density at radius 2 is 1.69 bits per heavy atom. The average Bonchev–Trinajstić information content (AvgIpc) is 3.07. The van der Waals surface area contributed by atoms with Gasteiger partial charge in [0.05, 0.1) is 23.3 Å². The molecule has 7 nitrogen and oxygen atoms in total. The van der Waals surface area contributed by atoms with Crippen LogP contribution >= 0.6 is 23.2 Å². The first-order valence-electron chi connectivity index (χ1n) is 10.7. The smallest absolute Gasteiger partial charge is 0.407 e. The van der Waals surface area contributed by atoms with Gasteiger partial charge in [0.25, 0.3) is 0 Å². The van der Waals surface area contributed by atoms with E-state index in [2.05, 4.69) is 5.32 Å². The van der Waals surface area contributed by atoms with Crippen LogP contribution < -0.4 is 5.32 Å². The number of carbonyl (C=O) groups excluding carboxylic acids is 3. The molecule has 1 N–H and O–H groups in total. The van der Waals surface area contributed by atoms with Crippen LogP contribution in [0.25, 0.3) is 0 Å². The van der Waals surface area contributed by atoms with Crippen LogP contribution in [0.2, 0.25) is 10.0 Å². The summed E-state index contributed by atoms with van der Waals surface area (Å²) >= 11 is 12.4. The molecule has 0 radical (unpaired) electrons. The fourth-order valence-corrected chi connectivity index (χ4v) is 4.47. The summed E-state index contributed by atoms with van der Waals surface area (Å²) in [6.07, 6.45) is 0.686. The van der Waals surface area contributed by atoms with E-state index in [1.165, 1.54) is 0 Å². The zero-order chi connectivity index (χ0) is 24.1. The molecule has 1 aliphatic rings. The topological polar surface area (TPSA) is 90.9 Å². The minimum absolute atomic E-state index is 0.117. The quantitative estimate of drug-likeness (QED) is 0.328. The molecule has 1 aromatic rings. The maximum absolute atomic E-state index is 13.0. The van der Waals surface area contributed by atoms with Gasteiger partial charge in [-0.3, -0.25) is 9.59 Å². The SMILES string of the molecule is CCOC(=O)C(C(=O)OCC)[C@]1(c2ccc(Cl)c(Cl)c2)CC[C@@H](NC(=O)OC(C)(C)C)C1. The molecule has 0 aromatic heterocycles. The Morgan fingerprint density at radius 3 is 2.19 bits per heavy atom. The molecule has 9 heteroatoms. The van der Waals surface area contributed by atoms with Gasteiger partial charge >= 0.3 is 18.0 Å². The number of hydrogen-bond acceptors (Lipinski definition) is 6. The van der Waals surface area contributed by atoms with Crippen LogP contribution in [0.3, 0.4) is 0 Å². The second-order valence-corrected chi connectivity index (χ2v) is 9.62. The van der Waals surface area contributed by atoms with E-state index in [-0.39, 0.29) is 19.3 Å². The summed E-state index contributed by atoms with van der Waals surface area (Å²) in [6, 6.07) is 4.70. The Balaban J connectivity index is 2.48. The third-order valence-corrected chi connectivity index (χ3v) is 6.10. The van der Waals surface area contributed by atoms with E-state index in [0.717, 1.165) is 0 Å². The molecule has 178 valence electrons. The zero-order valence-corrected chi connectivity index (χ0v) is 20.6. The number of carbonyl (C=O) groups is 3. The van der Waals surface area contributed by atoms with Gasteiger partial charge in [-0.1, -0.05) is 29.3 Å². The molecular weight excluding hydrogens is 457 g/mol. The standard InChI is InChI=1S/C23H31Cl2NO6/c1-6-30-19(27)18(20(28)31-7-2)23(14-8-9-16(24)17(25)12-14)11-10-15(13-23)26-21(29)32-22(3,4)5/h8-9,12,15,18H,6-7,10-11,13H2,1-5H3,(H,26,29)/t15-,23-/m1/s1. The molecule has 0 unspecified atom stereocenters. The largest absolute Gasteiger partial charge is 0.465 e. The molecule has 0 spiro atoms. The molecule has 1 amide bonds. The fraction of sp³-hybridized carbons (Fsp3) is 0.609. The number of rotatable bonds is 7. The highest BCUT2D eigenvalue weighted by Gasteiger charge is 2.54. The first-order chi connectivity index (χ1) is 14.9. The maximum Gasteiger partial charge on any atom is 0.407 e. The van der Waals surface area contributed by atoms with Crippen molar-refractivity contribution >= 4 is 41.2 Å². The van der Waals surface area contributed by atoms with Crippen LogP contribution in [0.4, 0.5) is 4.79 Å². The van der Waals surface area contributed by atoms with Crippen LogP contribution in [0.5, 0.6) is 0 Å². The van der Waals surface area contributed by atoms with Crippen LogP contribution in [0, 0.1) is 5.92 Å². The van der Waals surface area contributed by atoms with E-state index in [9.17, 15) is 14.4 Å². The summed E-state index contributed by atoms with van der Waals surface area (Å²) in [6.45, 7) is 8.91. The van der Waals surface area contributed by atoms with Crippen molar-refractivity contribution in [3.8, 4) is 0 Å². The third kappa shape index (κ3) is 6.29. The summed E-state index contributed by atoms with van der Waals surface area (Å²) in [7, 11) is 0. The minimum Gasteiger partial charge on any atom is -0.465 e. The lowest BCUT2D eigenvalue weighted by Crippen LogP contribution is -2.46. The van der Waals surface area contributed by atoms with Gasteiger partial charge in [0.2, 0.25) is 0 Å². The molecule has 2 atom stereocenters. The Labute approximate surface area is 199 Å². The Kier molecular flexibility index (Phi) is 8.82. The van der Waals surface area contributed by atoms with Crippen molar-refractivity contribution in [2.75, 3.05) is 13.2 Å². The van der Waals surface area contributed by atoms with E-state index in [1.54, 1.807) is 52.8 Å². The summed E-state index contributed by atoms with van der Waals surface area (Å²) < 4.78 is 15.9. The summed E-state index contributed by atoms with van der Waals surface area (Å²) in [4.78, 5) is 38.3. The number of benzene rings is 1. The molecule has 2 rings (SSSR count). The first kappa shape index (κ1) is 26.3. The highest BCUT2D eigenvalue weighted by molar-refractivity contribution is 6.42. The zero-order valence-electron chi connectivity index (χ0n) is 19.1. The number of hydrogen-bond donors (Lipinski definition) is 1. The first-order valence-corrected chi connectivity index (χ1v) is 11.5. The van der Waals surface area contributed by atoms with Gasteiger partial charge in [0.1, 0.15) is 5.60 Å². The van der Waals surface area contributed by atoms with E-state index >= 15 is 0 Å². The van der Waals surface area contributed by atoms with Gasteiger partial charge in [-0.15, -0.1) is 0 Å². The predicted molar refractivity (Wildman–Crippen MR) is 122 cm³/mol. The number of amides is 1. The number of esters is 2. The molecule has 1 saturated carbocycles. The Morgan fingerprint density at radius 1 is 1.09 bits per heavy atom. The monoisotopic (exact) mass is 487 g/mol. The van der Waals surface area contributed by atoms with Gasteiger partial charge < -0.3 is 19.5 Å². The summed E-state index contributed by atoms with van der Waals surface area (Å²) in [5.74, 6) is -2.56. The number of nitrogens with one attached hydrogen (secondary N) is 1. The van der Waals surface area contributed by atoms with E-state index in [0.29, 0.717) is 34.9 Å². The normalized spacial score (nSPS) is 20.7. The fourth-order valence-electron chi connectivity index (χ4n) is 4.17. The van der Waals surface area contributed by atoms with Gasteiger partial charge in [-0.2, -0.15) is 0 Å². The number of halogens is 2. The van der Waals surface area contributed by atoms with Crippen LogP contribution in [-0.2, 0) is 29.2 Å². The lowest BCUT2D eigenvalue weighted by Gasteiger charge is -2.35. The molecule has 0 aliphatic heterocycles. The molecule has 1 aromatic carbocycles. The maximum atomic E-state index is 13.0. The highest BCUT2D eigenvalue weighted by Crippen LogP contribution is 2.49. The van der Waals surface area contributed by atoms with E-state index in [4.69, 9.17) is 37.4 Å². The molecule has 0 bridgehead atoms. The average molecular weight is 488 g/mol. The van der Waals surface area contributed by atoms with Crippen LogP contribution in [0.1, 0.15) is 59.4 Å². The second-order valence-electron chi connectivity index (χ2n) is 8.81. The molecule has 32 heavy (non-hydrogen) atoms. The van der Waals surface area contributed by atoms with Gasteiger partial charge in [0, 0.05) is 11.5 Å². The van der Waals surface area contributed by atoms with Crippen molar-refractivity contribution in [3.63, 3.8) is 0 Å². The van der Waals surface area contributed by atoms with Gasteiger partial charge in [-0.25, -0.2) is 4.79 Å². The van der Waals surface area contributed by atoms with Crippen LogP contribution in [0.15, 0.2) is 18.2 Å². The Hall–Kier alpha value is -1.99. The third-order valence-electron chi connectivity index (χ3n) is 5.36. The lowest BCUT2D eigenvalue weighted by atomic mass is 9.68. The molecular formula is C23H31Cl2NO6. The van der Waals surface area contributed by atoms with Crippen molar-refractivity contribution in [1.82, 2.24) is 5.32 Å². The van der Waals surface area contributed by atoms with E-state index < -0.39 is 35.0 Å². The van der Waals surface area contributed by atoms with Crippen molar-refractivity contribution in [2.45, 2.75) is 70.9 Å². The van der Waals surface area contributed by atoms with Gasteiger partial charge in [-0.05, 0) is 71.6 Å².